The van der Waals surface area contributed by atoms with Gasteiger partial charge in [0.15, 0.2) is 0 Å². The topological polar surface area (TPSA) is 41.3 Å². The molecule has 0 unspecified atom stereocenters. The number of nitrogens with one attached hydrogen (secondary N) is 1. The molecule has 0 radical (unpaired) electrons. The summed E-state index contributed by atoms with van der Waals surface area (Å²) in [5.41, 5.74) is 6.39. The SMILES string of the molecule is Nc1ccc(NCCN2CCCCC2)c(C(F)F)c1. The van der Waals surface area contributed by atoms with Crippen LogP contribution in [-0.2, 0) is 0 Å². The third-order valence-electron chi connectivity index (χ3n) is 3.50. The van der Waals surface area contributed by atoms with Crippen LogP contribution in [0.15, 0.2) is 18.2 Å². The molecule has 0 amide bonds. The highest BCUT2D eigenvalue weighted by atomic mass is 19.3. The molecule has 0 saturated carbocycles. The maximum Gasteiger partial charge on any atom is 0.265 e. The Morgan fingerprint density at radius 2 is 1.95 bits per heavy atom. The maximum atomic E-state index is 12.9. The number of hydrogen-bond donors (Lipinski definition) is 2. The van der Waals surface area contributed by atoms with E-state index in [1.54, 1.807) is 12.1 Å². The van der Waals surface area contributed by atoms with Gasteiger partial charge < -0.3 is 16.0 Å². The fraction of sp³-hybridized carbons (Fsp3) is 0.571. The quantitative estimate of drug-likeness (QED) is 0.807. The van der Waals surface area contributed by atoms with Crippen molar-refractivity contribution < 1.29 is 8.78 Å². The Hall–Kier alpha value is -1.36. The summed E-state index contributed by atoms with van der Waals surface area (Å²) in [5, 5.41) is 3.09. The van der Waals surface area contributed by atoms with E-state index in [-0.39, 0.29) is 5.56 Å². The van der Waals surface area contributed by atoms with Gasteiger partial charge in [-0.3, -0.25) is 0 Å². The van der Waals surface area contributed by atoms with Gasteiger partial charge in [0, 0.05) is 30.0 Å². The molecule has 1 aliphatic rings. The van der Waals surface area contributed by atoms with E-state index in [1.807, 2.05) is 0 Å². The van der Waals surface area contributed by atoms with Crippen LogP contribution in [0.25, 0.3) is 0 Å². The van der Waals surface area contributed by atoms with Crippen LogP contribution in [0.5, 0.6) is 0 Å². The van der Waals surface area contributed by atoms with Crippen LogP contribution in [0.2, 0.25) is 0 Å². The van der Waals surface area contributed by atoms with Crippen molar-refractivity contribution in [3.8, 4) is 0 Å². The molecule has 5 heteroatoms. The highest BCUT2D eigenvalue weighted by Gasteiger charge is 2.14. The van der Waals surface area contributed by atoms with Gasteiger partial charge in [-0.2, -0.15) is 0 Å². The fourth-order valence-corrected chi connectivity index (χ4v) is 2.45. The Balaban J connectivity index is 1.88. The van der Waals surface area contributed by atoms with Crippen molar-refractivity contribution in [3.63, 3.8) is 0 Å². The summed E-state index contributed by atoms with van der Waals surface area (Å²) in [4.78, 5) is 2.37. The van der Waals surface area contributed by atoms with E-state index in [1.165, 1.54) is 25.3 Å². The van der Waals surface area contributed by atoms with Gasteiger partial charge in [-0.05, 0) is 44.1 Å². The molecule has 0 aromatic heterocycles. The van der Waals surface area contributed by atoms with Crippen LogP contribution in [0.3, 0.4) is 0 Å². The summed E-state index contributed by atoms with van der Waals surface area (Å²) in [6.07, 6.45) is 1.28. The number of nitrogens with zero attached hydrogens (tertiary/aromatic N) is 1. The zero-order valence-electron chi connectivity index (χ0n) is 11.0. The van der Waals surface area contributed by atoms with E-state index in [0.717, 1.165) is 19.6 Å². The molecule has 1 fully saturated rings. The molecular formula is C14H21F2N3. The second-order valence-corrected chi connectivity index (χ2v) is 4.98. The summed E-state index contributed by atoms with van der Waals surface area (Å²) in [6, 6.07) is 4.62. The minimum atomic E-state index is -2.50. The van der Waals surface area contributed by atoms with Crippen LogP contribution < -0.4 is 11.1 Å². The van der Waals surface area contributed by atoms with Gasteiger partial charge in [-0.25, -0.2) is 8.78 Å². The first-order valence-corrected chi connectivity index (χ1v) is 6.80. The zero-order chi connectivity index (χ0) is 13.7. The van der Waals surface area contributed by atoms with Crippen molar-refractivity contribution in [1.82, 2.24) is 4.90 Å². The van der Waals surface area contributed by atoms with Crippen molar-refractivity contribution in [1.29, 1.82) is 0 Å². The van der Waals surface area contributed by atoms with Gasteiger partial charge >= 0.3 is 0 Å². The maximum absolute atomic E-state index is 12.9. The minimum Gasteiger partial charge on any atom is -0.399 e. The number of anilines is 2. The predicted molar refractivity (Wildman–Crippen MR) is 74.6 cm³/mol. The van der Waals surface area contributed by atoms with E-state index in [4.69, 9.17) is 5.73 Å². The molecule has 1 saturated heterocycles. The molecular weight excluding hydrogens is 248 g/mol. The van der Waals surface area contributed by atoms with Gasteiger partial charge in [0.1, 0.15) is 0 Å². The highest BCUT2D eigenvalue weighted by molar-refractivity contribution is 5.58. The first-order valence-electron chi connectivity index (χ1n) is 6.80. The molecule has 3 nitrogen and oxygen atoms in total. The van der Waals surface area contributed by atoms with Crippen molar-refractivity contribution in [2.24, 2.45) is 0 Å². The number of halogens is 2. The van der Waals surface area contributed by atoms with Gasteiger partial charge in [-0.1, -0.05) is 6.42 Å². The van der Waals surface area contributed by atoms with Crippen molar-refractivity contribution in [3.05, 3.63) is 23.8 Å². The van der Waals surface area contributed by atoms with Gasteiger partial charge in [0.2, 0.25) is 0 Å². The van der Waals surface area contributed by atoms with Gasteiger partial charge in [-0.15, -0.1) is 0 Å². The third-order valence-corrected chi connectivity index (χ3v) is 3.50. The average Bonchev–Trinajstić information content (AvgIpc) is 2.41. The standard InChI is InChI=1S/C14H21F2N3/c15-14(16)12-10-11(17)4-5-13(12)18-6-9-19-7-2-1-3-8-19/h4-5,10,14,18H,1-3,6-9,17H2. The molecule has 3 N–H and O–H groups in total. The Morgan fingerprint density at radius 3 is 2.63 bits per heavy atom. The molecule has 0 bridgehead atoms. The summed E-state index contributed by atoms with van der Waals surface area (Å²) in [6.45, 7) is 3.81. The average molecular weight is 269 g/mol. The lowest BCUT2D eigenvalue weighted by Gasteiger charge is -2.26. The molecule has 1 aromatic carbocycles. The summed E-state index contributed by atoms with van der Waals surface area (Å²) < 4.78 is 25.8. The van der Waals surface area contributed by atoms with Gasteiger partial charge in [0.25, 0.3) is 6.43 Å². The van der Waals surface area contributed by atoms with E-state index in [9.17, 15) is 8.78 Å². The van der Waals surface area contributed by atoms with Crippen LogP contribution in [0.4, 0.5) is 20.2 Å². The normalized spacial score (nSPS) is 16.8. The van der Waals surface area contributed by atoms with E-state index < -0.39 is 6.43 Å². The number of likely N-dealkylation sites (tertiary alicyclic amines) is 1. The fourth-order valence-electron chi connectivity index (χ4n) is 2.45. The Morgan fingerprint density at radius 1 is 1.21 bits per heavy atom. The molecule has 106 valence electrons. The smallest absolute Gasteiger partial charge is 0.265 e. The molecule has 1 aromatic rings. The lowest BCUT2D eigenvalue weighted by molar-refractivity contribution is 0.152. The Kier molecular flexibility index (Phi) is 4.96. The van der Waals surface area contributed by atoms with Crippen molar-refractivity contribution in [2.45, 2.75) is 25.7 Å². The van der Waals surface area contributed by atoms with E-state index in [0.29, 0.717) is 17.9 Å². The number of rotatable bonds is 5. The molecule has 0 aliphatic carbocycles. The predicted octanol–water partition coefficient (Wildman–Crippen LogP) is 3.10. The minimum absolute atomic E-state index is 0.0151. The molecule has 0 spiro atoms. The number of nitrogens with two attached hydrogens (primary N) is 1. The largest absolute Gasteiger partial charge is 0.399 e. The summed E-state index contributed by atoms with van der Waals surface area (Å²) in [5.74, 6) is 0. The molecule has 2 rings (SSSR count). The van der Waals surface area contributed by atoms with Crippen molar-refractivity contribution in [2.75, 3.05) is 37.2 Å². The van der Waals surface area contributed by atoms with Crippen molar-refractivity contribution >= 4 is 11.4 Å². The van der Waals surface area contributed by atoms with Crippen LogP contribution in [-0.4, -0.2) is 31.1 Å². The highest BCUT2D eigenvalue weighted by Crippen LogP contribution is 2.28. The number of hydrogen-bond acceptors (Lipinski definition) is 3. The number of nitrogen functional groups attached to an aromatic ring is 1. The van der Waals surface area contributed by atoms with E-state index in [2.05, 4.69) is 10.2 Å². The second kappa shape index (κ2) is 6.70. The van der Waals surface area contributed by atoms with Crippen LogP contribution >= 0.6 is 0 Å². The Bertz CT molecular complexity index is 404. The van der Waals surface area contributed by atoms with Gasteiger partial charge in [0.05, 0.1) is 0 Å². The number of piperidine rings is 1. The van der Waals surface area contributed by atoms with Crippen LogP contribution in [0.1, 0.15) is 31.3 Å². The number of alkyl halides is 2. The van der Waals surface area contributed by atoms with Crippen LogP contribution in [0, 0.1) is 0 Å². The molecule has 19 heavy (non-hydrogen) atoms. The first-order chi connectivity index (χ1) is 9.16. The van der Waals surface area contributed by atoms with E-state index >= 15 is 0 Å². The first kappa shape index (κ1) is 14.1. The number of benzene rings is 1. The molecule has 1 heterocycles. The summed E-state index contributed by atoms with van der Waals surface area (Å²) in [7, 11) is 0. The zero-order valence-corrected chi connectivity index (χ0v) is 11.0. The summed E-state index contributed by atoms with van der Waals surface area (Å²) >= 11 is 0. The Labute approximate surface area is 112 Å². The monoisotopic (exact) mass is 269 g/mol. The molecule has 1 aliphatic heterocycles. The third kappa shape index (κ3) is 4.06. The lowest BCUT2D eigenvalue weighted by atomic mass is 10.1. The second-order valence-electron chi connectivity index (χ2n) is 4.98. The molecule has 0 atom stereocenters. The lowest BCUT2D eigenvalue weighted by Crippen LogP contribution is -2.33.